The zero-order valence-corrected chi connectivity index (χ0v) is 10.8. The molecule has 0 fully saturated rings. The smallest absolute Gasteiger partial charge is 0.343 e. The van der Waals surface area contributed by atoms with E-state index in [4.69, 9.17) is 0 Å². The standard InChI is InChI=1S/C10H10F3N3O3S/c11-10(12,13)6-14-9(17)7-1-2-8-15-20(18,19)4-3-16(8)5-7/h1-2,5H,3-4,6H2,(H,14,17). The minimum atomic E-state index is -4.49. The Labute approximate surface area is 112 Å². The van der Waals surface area contributed by atoms with Gasteiger partial charge in [0.1, 0.15) is 12.4 Å². The van der Waals surface area contributed by atoms with Crippen molar-refractivity contribution in [3.63, 3.8) is 0 Å². The maximum Gasteiger partial charge on any atom is 0.405 e. The van der Waals surface area contributed by atoms with Crippen LogP contribution in [0.1, 0.15) is 0 Å². The molecule has 0 saturated heterocycles. The third kappa shape index (κ3) is 3.59. The van der Waals surface area contributed by atoms with E-state index in [2.05, 4.69) is 4.40 Å². The van der Waals surface area contributed by atoms with Crippen molar-refractivity contribution in [2.75, 3.05) is 18.8 Å². The van der Waals surface area contributed by atoms with Gasteiger partial charge in [0.2, 0.25) is 0 Å². The number of nitrogens with one attached hydrogen (secondary N) is 1. The minimum absolute atomic E-state index is 0.00694. The molecule has 0 unspecified atom stereocenters. The van der Waals surface area contributed by atoms with Crippen LogP contribution in [0.3, 0.4) is 0 Å². The first-order valence-corrected chi connectivity index (χ1v) is 7.11. The van der Waals surface area contributed by atoms with E-state index in [0.29, 0.717) is 0 Å². The molecular weight excluding hydrogens is 299 g/mol. The molecule has 0 aromatic carbocycles. The number of amidine groups is 1. The summed E-state index contributed by atoms with van der Waals surface area (Å²) in [6.07, 6.45) is -0.708. The van der Waals surface area contributed by atoms with E-state index in [1.807, 2.05) is 0 Å². The second kappa shape index (κ2) is 4.93. The van der Waals surface area contributed by atoms with Crippen molar-refractivity contribution in [2.45, 2.75) is 6.18 Å². The molecule has 0 saturated carbocycles. The van der Waals surface area contributed by atoms with Gasteiger partial charge in [0.25, 0.3) is 15.9 Å². The van der Waals surface area contributed by atoms with E-state index in [9.17, 15) is 26.4 Å². The molecule has 10 heteroatoms. The molecule has 2 rings (SSSR count). The summed E-state index contributed by atoms with van der Waals surface area (Å²) in [5.74, 6) is -0.951. The molecule has 0 radical (unpaired) electrons. The highest BCUT2D eigenvalue weighted by Crippen LogP contribution is 2.17. The number of hydrogen-bond acceptors (Lipinski definition) is 4. The van der Waals surface area contributed by atoms with Gasteiger partial charge in [-0.1, -0.05) is 0 Å². The number of carbonyl (C=O) groups is 1. The van der Waals surface area contributed by atoms with Crippen molar-refractivity contribution in [1.29, 1.82) is 0 Å². The number of sulfonamides is 1. The maximum absolute atomic E-state index is 12.0. The molecule has 2 heterocycles. The molecule has 0 aromatic rings. The van der Waals surface area contributed by atoms with E-state index in [0.717, 1.165) is 0 Å². The quantitative estimate of drug-likeness (QED) is 0.788. The lowest BCUT2D eigenvalue weighted by Gasteiger charge is -2.27. The zero-order chi connectivity index (χ0) is 15.0. The molecule has 0 aromatic heterocycles. The van der Waals surface area contributed by atoms with Gasteiger partial charge in [0.05, 0.1) is 11.3 Å². The summed E-state index contributed by atoms with van der Waals surface area (Å²) in [6, 6.07) is 0. The molecule has 20 heavy (non-hydrogen) atoms. The SMILES string of the molecule is O=C(NCC(F)(F)F)C1=CN2CCS(=O)(=O)N=C2C=C1. The summed E-state index contributed by atoms with van der Waals surface area (Å²) in [5, 5.41) is 1.74. The van der Waals surface area contributed by atoms with Crippen LogP contribution in [0.15, 0.2) is 28.3 Å². The Bertz CT molecular complexity index is 619. The lowest BCUT2D eigenvalue weighted by molar-refractivity contribution is -0.136. The van der Waals surface area contributed by atoms with Crippen LogP contribution >= 0.6 is 0 Å². The molecule has 0 atom stereocenters. The number of carbonyl (C=O) groups excluding carboxylic acids is 1. The molecule has 0 spiro atoms. The second-order valence-electron chi connectivity index (χ2n) is 4.14. The van der Waals surface area contributed by atoms with Gasteiger partial charge in [0, 0.05) is 12.7 Å². The minimum Gasteiger partial charge on any atom is -0.343 e. The highest BCUT2D eigenvalue weighted by molar-refractivity contribution is 7.90. The van der Waals surface area contributed by atoms with Crippen molar-refractivity contribution in [3.8, 4) is 0 Å². The van der Waals surface area contributed by atoms with Crippen LogP contribution in [0.5, 0.6) is 0 Å². The van der Waals surface area contributed by atoms with Crippen LogP contribution < -0.4 is 5.32 Å². The van der Waals surface area contributed by atoms with Crippen molar-refractivity contribution in [1.82, 2.24) is 10.2 Å². The number of rotatable bonds is 2. The second-order valence-corrected chi connectivity index (χ2v) is 5.90. The summed E-state index contributed by atoms with van der Waals surface area (Å²) < 4.78 is 62.0. The van der Waals surface area contributed by atoms with E-state index in [1.54, 1.807) is 5.32 Å². The van der Waals surface area contributed by atoms with E-state index >= 15 is 0 Å². The zero-order valence-electron chi connectivity index (χ0n) is 10.0. The molecule has 1 amide bonds. The number of alkyl halides is 3. The molecule has 110 valence electrons. The van der Waals surface area contributed by atoms with E-state index in [-0.39, 0.29) is 23.7 Å². The normalized spacial score (nSPS) is 20.9. The van der Waals surface area contributed by atoms with Crippen molar-refractivity contribution >= 4 is 21.8 Å². The number of halogens is 3. The third-order valence-corrected chi connectivity index (χ3v) is 3.70. The Morgan fingerprint density at radius 2 is 2.10 bits per heavy atom. The fourth-order valence-electron chi connectivity index (χ4n) is 1.62. The van der Waals surface area contributed by atoms with Crippen LogP contribution in [-0.2, 0) is 14.8 Å². The predicted molar refractivity (Wildman–Crippen MR) is 64.2 cm³/mol. The highest BCUT2D eigenvalue weighted by atomic mass is 32.2. The summed E-state index contributed by atoms with van der Waals surface area (Å²) in [7, 11) is -3.50. The fourth-order valence-corrected chi connectivity index (χ4v) is 2.59. The largest absolute Gasteiger partial charge is 0.405 e. The summed E-state index contributed by atoms with van der Waals surface area (Å²) in [5.41, 5.74) is 0.00694. The average Bonchev–Trinajstić information content (AvgIpc) is 2.33. The van der Waals surface area contributed by atoms with Crippen LogP contribution in [-0.4, -0.2) is 50.1 Å². The lowest BCUT2D eigenvalue weighted by atomic mass is 10.2. The lowest BCUT2D eigenvalue weighted by Crippen LogP contribution is -2.39. The molecule has 2 aliphatic heterocycles. The molecule has 6 nitrogen and oxygen atoms in total. The van der Waals surface area contributed by atoms with Crippen LogP contribution in [0.25, 0.3) is 0 Å². The van der Waals surface area contributed by atoms with Crippen LogP contribution in [0.2, 0.25) is 0 Å². The van der Waals surface area contributed by atoms with Crippen LogP contribution in [0, 0.1) is 0 Å². The molecular formula is C10H10F3N3O3S. The summed E-state index contributed by atoms with van der Waals surface area (Å²) in [6.45, 7) is -1.33. The summed E-state index contributed by atoms with van der Waals surface area (Å²) in [4.78, 5) is 12.9. The number of nitrogens with zero attached hydrogens (tertiary/aromatic N) is 2. The molecule has 0 aliphatic carbocycles. The molecule has 2 aliphatic rings. The Morgan fingerprint density at radius 1 is 1.40 bits per heavy atom. The van der Waals surface area contributed by atoms with Gasteiger partial charge < -0.3 is 10.2 Å². The topological polar surface area (TPSA) is 78.8 Å². The van der Waals surface area contributed by atoms with Gasteiger partial charge in [-0.3, -0.25) is 4.79 Å². The number of fused-ring (bicyclic) bond motifs is 1. The van der Waals surface area contributed by atoms with Gasteiger partial charge in [0.15, 0.2) is 0 Å². The average molecular weight is 309 g/mol. The van der Waals surface area contributed by atoms with Crippen molar-refractivity contribution in [3.05, 3.63) is 23.9 Å². The first-order valence-electron chi connectivity index (χ1n) is 5.50. The number of hydrogen-bond donors (Lipinski definition) is 1. The highest BCUT2D eigenvalue weighted by Gasteiger charge is 2.29. The Hall–Kier alpha value is -1.84. The maximum atomic E-state index is 12.0. The van der Waals surface area contributed by atoms with E-state index in [1.165, 1.54) is 23.3 Å². The monoisotopic (exact) mass is 309 g/mol. The number of amides is 1. The van der Waals surface area contributed by atoms with Crippen LogP contribution in [0.4, 0.5) is 13.2 Å². The van der Waals surface area contributed by atoms with Gasteiger partial charge in [-0.2, -0.15) is 13.2 Å². The van der Waals surface area contributed by atoms with Gasteiger partial charge in [-0.25, -0.2) is 8.42 Å². The first kappa shape index (κ1) is 14.6. The molecule has 0 bridgehead atoms. The van der Waals surface area contributed by atoms with Gasteiger partial charge in [-0.15, -0.1) is 4.40 Å². The van der Waals surface area contributed by atoms with Crippen molar-refractivity contribution < 1.29 is 26.4 Å². The van der Waals surface area contributed by atoms with Gasteiger partial charge >= 0.3 is 6.18 Å². The van der Waals surface area contributed by atoms with Crippen molar-refractivity contribution in [2.24, 2.45) is 4.40 Å². The summed E-state index contributed by atoms with van der Waals surface area (Å²) >= 11 is 0. The first-order chi connectivity index (χ1) is 9.16. The molecule has 1 N–H and O–H groups in total. The fraction of sp³-hybridized carbons (Fsp3) is 0.400. The Morgan fingerprint density at radius 3 is 2.75 bits per heavy atom. The Balaban J connectivity index is 2.09. The van der Waals surface area contributed by atoms with Gasteiger partial charge in [-0.05, 0) is 12.2 Å². The third-order valence-electron chi connectivity index (χ3n) is 2.54. The predicted octanol–water partition coefficient (Wildman–Crippen LogP) is 0.162. The van der Waals surface area contributed by atoms with E-state index < -0.39 is 28.7 Å². The Kier molecular flexibility index (Phi) is 3.59.